The Balaban J connectivity index is 1.53. The third-order valence-corrected chi connectivity index (χ3v) is 6.04. The summed E-state index contributed by atoms with van der Waals surface area (Å²) in [5.41, 5.74) is 0.697. The van der Waals surface area contributed by atoms with Crippen LogP contribution in [0.3, 0.4) is 0 Å². The third kappa shape index (κ3) is 5.73. The number of rotatable bonds is 9. The maximum atomic E-state index is 14.5. The molecule has 170 valence electrons. The van der Waals surface area contributed by atoms with Gasteiger partial charge in [-0.2, -0.15) is 4.39 Å². The fraction of sp³-hybridized carbons (Fsp3) is 0.520. The van der Waals surface area contributed by atoms with Crippen LogP contribution in [0.2, 0.25) is 0 Å². The quantitative estimate of drug-likeness (QED) is 0.476. The largest absolute Gasteiger partial charge is 0.493 e. The fourth-order valence-corrected chi connectivity index (χ4v) is 4.28. The summed E-state index contributed by atoms with van der Waals surface area (Å²) in [6, 6.07) is 7.70. The monoisotopic (exact) mass is 436 g/mol. The number of halogens is 3. The van der Waals surface area contributed by atoms with Crippen molar-refractivity contribution in [2.24, 2.45) is 5.92 Å². The summed E-state index contributed by atoms with van der Waals surface area (Å²) < 4.78 is 53.8. The van der Waals surface area contributed by atoms with Crippen LogP contribution >= 0.6 is 0 Å². The molecular formula is C25H31F3O3. The molecule has 0 aliphatic heterocycles. The topological polar surface area (TPSA) is 38.7 Å². The summed E-state index contributed by atoms with van der Waals surface area (Å²) in [5.74, 6) is -1.56. The van der Waals surface area contributed by atoms with Crippen LogP contribution in [0, 0.1) is 23.4 Å². The van der Waals surface area contributed by atoms with E-state index in [1.54, 1.807) is 25.1 Å². The van der Waals surface area contributed by atoms with Crippen LogP contribution in [-0.4, -0.2) is 18.3 Å². The number of hydrogen-bond donors (Lipinski definition) is 1. The maximum absolute atomic E-state index is 14.5. The number of hydrogen-bond acceptors (Lipinski definition) is 3. The summed E-state index contributed by atoms with van der Waals surface area (Å²) in [6.07, 6.45) is 3.63. The van der Waals surface area contributed by atoms with E-state index in [0.29, 0.717) is 29.9 Å². The summed E-state index contributed by atoms with van der Waals surface area (Å²) in [4.78, 5) is 0. The molecule has 1 atom stereocenters. The highest BCUT2D eigenvalue weighted by Crippen LogP contribution is 2.39. The molecule has 0 saturated heterocycles. The van der Waals surface area contributed by atoms with E-state index in [1.807, 2.05) is 6.92 Å². The minimum Gasteiger partial charge on any atom is -0.493 e. The van der Waals surface area contributed by atoms with Gasteiger partial charge in [0.05, 0.1) is 19.3 Å². The van der Waals surface area contributed by atoms with E-state index in [-0.39, 0.29) is 24.2 Å². The molecule has 0 amide bonds. The van der Waals surface area contributed by atoms with Crippen LogP contribution < -0.4 is 9.47 Å². The molecule has 0 aromatic heterocycles. The summed E-state index contributed by atoms with van der Waals surface area (Å²) in [5, 5.41) is 9.99. The average Bonchev–Trinajstić information content (AvgIpc) is 2.76. The lowest BCUT2D eigenvalue weighted by molar-refractivity contribution is 0.161. The normalized spacial score (nSPS) is 19.8. The Morgan fingerprint density at radius 2 is 1.71 bits per heavy atom. The molecule has 2 aromatic carbocycles. The molecule has 1 N–H and O–H groups in total. The van der Waals surface area contributed by atoms with Gasteiger partial charge in [-0.3, -0.25) is 0 Å². The zero-order valence-corrected chi connectivity index (χ0v) is 18.2. The molecule has 6 heteroatoms. The van der Waals surface area contributed by atoms with Crippen LogP contribution in [-0.2, 0) is 0 Å². The lowest BCUT2D eigenvalue weighted by atomic mass is 9.79. The highest BCUT2D eigenvalue weighted by atomic mass is 19.2. The minimum absolute atomic E-state index is 0.0294. The predicted octanol–water partition coefficient (Wildman–Crippen LogP) is 6.69. The standard InChI is InChI=1S/C25H31F3O3/c1-3-5-22(29)20-11-10-18(14-21(20)26)31-15-16-6-8-17(9-7-16)19-12-13-23(30-4-2)25(28)24(19)27/h10-14,16-17,22,29H,3-9,15H2,1-2H3. The number of benzene rings is 2. The molecule has 1 aliphatic carbocycles. The Hall–Kier alpha value is -2.21. The Morgan fingerprint density at radius 1 is 0.968 bits per heavy atom. The second-order valence-electron chi connectivity index (χ2n) is 8.23. The van der Waals surface area contributed by atoms with E-state index >= 15 is 0 Å². The molecule has 31 heavy (non-hydrogen) atoms. The van der Waals surface area contributed by atoms with E-state index in [0.717, 1.165) is 32.1 Å². The first kappa shape index (κ1) is 23.5. The van der Waals surface area contributed by atoms with E-state index in [4.69, 9.17) is 9.47 Å². The van der Waals surface area contributed by atoms with Gasteiger partial charge >= 0.3 is 0 Å². The van der Waals surface area contributed by atoms with Gasteiger partial charge in [-0.25, -0.2) is 8.78 Å². The molecule has 1 fully saturated rings. The maximum Gasteiger partial charge on any atom is 0.200 e. The van der Waals surface area contributed by atoms with Crippen molar-refractivity contribution in [3.05, 3.63) is 58.9 Å². The summed E-state index contributed by atoms with van der Waals surface area (Å²) in [6.45, 7) is 4.40. The van der Waals surface area contributed by atoms with Gasteiger partial charge in [0.1, 0.15) is 11.6 Å². The lowest BCUT2D eigenvalue weighted by Crippen LogP contribution is -2.20. The number of aliphatic hydroxyl groups is 1. The van der Waals surface area contributed by atoms with E-state index < -0.39 is 23.6 Å². The van der Waals surface area contributed by atoms with Crippen molar-refractivity contribution in [3.8, 4) is 11.5 Å². The van der Waals surface area contributed by atoms with Crippen molar-refractivity contribution >= 4 is 0 Å². The zero-order valence-electron chi connectivity index (χ0n) is 18.2. The average molecular weight is 437 g/mol. The highest BCUT2D eigenvalue weighted by Gasteiger charge is 2.27. The Bertz CT molecular complexity index is 863. The van der Waals surface area contributed by atoms with Gasteiger partial charge < -0.3 is 14.6 Å². The van der Waals surface area contributed by atoms with Crippen molar-refractivity contribution in [3.63, 3.8) is 0 Å². The molecule has 0 radical (unpaired) electrons. The molecule has 1 aliphatic rings. The van der Waals surface area contributed by atoms with Crippen molar-refractivity contribution in [2.45, 2.75) is 64.4 Å². The zero-order chi connectivity index (χ0) is 22.4. The summed E-state index contributed by atoms with van der Waals surface area (Å²) >= 11 is 0. The van der Waals surface area contributed by atoms with Crippen LogP contribution in [0.5, 0.6) is 11.5 Å². The van der Waals surface area contributed by atoms with Crippen molar-refractivity contribution in [2.75, 3.05) is 13.2 Å². The summed E-state index contributed by atoms with van der Waals surface area (Å²) in [7, 11) is 0. The van der Waals surface area contributed by atoms with Gasteiger partial charge in [0.15, 0.2) is 11.6 Å². The molecule has 0 spiro atoms. The second kappa shape index (κ2) is 10.9. The van der Waals surface area contributed by atoms with Crippen LogP contribution in [0.4, 0.5) is 13.2 Å². The van der Waals surface area contributed by atoms with Crippen molar-refractivity contribution < 1.29 is 27.8 Å². The molecule has 2 aromatic rings. The number of ether oxygens (including phenoxy) is 2. The second-order valence-corrected chi connectivity index (χ2v) is 8.23. The Kier molecular flexibility index (Phi) is 8.24. The molecule has 0 heterocycles. The van der Waals surface area contributed by atoms with Gasteiger partial charge in [-0.1, -0.05) is 19.4 Å². The molecule has 1 saturated carbocycles. The minimum atomic E-state index is -0.917. The first-order chi connectivity index (χ1) is 14.9. The van der Waals surface area contributed by atoms with Gasteiger partial charge in [-0.05, 0) is 74.6 Å². The fourth-order valence-electron chi connectivity index (χ4n) is 4.28. The SMILES string of the molecule is CCCC(O)c1ccc(OCC2CCC(c3ccc(OCC)c(F)c3F)CC2)cc1F. The lowest BCUT2D eigenvalue weighted by Gasteiger charge is -2.29. The molecule has 0 bridgehead atoms. The first-order valence-electron chi connectivity index (χ1n) is 11.2. The smallest absolute Gasteiger partial charge is 0.200 e. The third-order valence-electron chi connectivity index (χ3n) is 6.04. The number of aliphatic hydroxyl groups excluding tert-OH is 1. The van der Waals surface area contributed by atoms with Gasteiger partial charge in [0.25, 0.3) is 0 Å². The van der Waals surface area contributed by atoms with Crippen LogP contribution in [0.15, 0.2) is 30.3 Å². The molecule has 3 nitrogen and oxygen atoms in total. The van der Waals surface area contributed by atoms with Gasteiger partial charge in [0.2, 0.25) is 5.82 Å². The molecule has 3 rings (SSSR count). The van der Waals surface area contributed by atoms with E-state index in [2.05, 4.69) is 0 Å². The van der Waals surface area contributed by atoms with Gasteiger partial charge in [-0.15, -0.1) is 0 Å². The van der Waals surface area contributed by atoms with Crippen molar-refractivity contribution in [1.29, 1.82) is 0 Å². The van der Waals surface area contributed by atoms with E-state index in [1.165, 1.54) is 12.1 Å². The Labute approximate surface area is 182 Å². The highest BCUT2D eigenvalue weighted by molar-refractivity contribution is 5.33. The van der Waals surface area contributed by atoms with Gasteiger partial charge in [0, 0.05) is 11.6 Å². The van der Waals surface area contributed by atoms with E-state index in [9.17, 15) is 18.3 Å². The van der Waals surface area contributed by atoms with Crippen LogP contribution in [0.25, 0.3) is 0 Å². The van der Waals surface area contributed by atoms with Crippen molar-refractivity contribution in [1.82, 2.24) is 0 Å². The molecule has 1 unspecified atom stereocenters. The molecular weight excluding hydrogens is 405 g/mol. The Morgan fingerprint density at radius 3 is 2.35 bits per heavy atom. The predicted molar refractivity (Wildman–Crippen MR) is 114 cm³/mol. The van der Waals surface area contributed by atoms with Crippen LogP contribution in [0.1, 0.15) is 75.5 Å². The first-order valence-corrected chi connectivity index (χ1v) is 11.2.